The molecule has 3 aromatic rings. The van der Waals surface area contributed by atoms with Crippen LogP contribution in [-0.2, 0) is 27.2 Å². The van der Waals surface area contributed by atoms with Gasteiger partial charge in [0, 0.05) is 6.20 Å². The molecule has 0 radical (unpaired) electrons. The van der Waals surface area contributed by atoms with Gasteiger partial charge in [-0.1, -0.05) is 48.5 Å². The van der Waals surface area contributed by atoms with Crippen LogP contribution >= 0.6 is 0 Å². The summed E-state index contributed by atoms with van der Waals surface area (Å²) in [5.74, 6) is -1.13. The summed E-state index contributed by atoms with van der Waals surface area (Å²) in [6, 6.07) is 18.1. The van der Waals surface area contributed by atoms with Gasteiger partial charge in [-0.2, -0.15) is 0 Å². The number of esters is 1. The fraction of sp³-hybridized carbons (Fsp3) is 0.200. The van der Waals surface area contributed by atoms with Gasteiger partial charge in [0.2, 0.25) is 11.8 Å². The molecule has 31 heavy (non-hydrogen) atoms. The zero-order chi connectivity index (χ0) is 22.4. The number of methoxy groups -OCH3 is 1. The summed E-state index contributed by atoms with van der Waals surface area (Å²) in [5, 5.41) is 0. The van der Waals surface area contributed by atoms with Crippen LogP contribution in [0, 0.1) is 13.8 Å². The molecule has 0 unspecified atom stereocenters. The molecule has 158 valence electrons. The van der Waals surface area contributed by atoms with Crippen molar-refractivity contribution in [3.05, 3.63) is 94.7 Å². The fourth-order valence-electron chi connectivity index (χ4n) is 3.25. The Bertz CT molecular complexity index is 1050. The van der Waals surface area contributed by atoms with Crippen molar-refractivity contribution in [2.45, 2.75) is 26.7 Å². The van der Waals surface area contributed by atoms with Gasteiger partial charge in [0.05, 0.1) is 25.5 Å². The molecule has 0 spiro atoms. The van der Waals surface area contributed by atoms with E-state index >= 15 is 0 Å². The van der Waals surface area contributed by atoms with E-state index in [-0.39, 0.29) is 36.0 Å². The molecule has 0 saturated carbocycles. The van der Waals surface area contributed by atoms with Gasteiger partial charge in [0.25, 0.3) is 0 Å². The van der Waals surface area contributed by atoms with Crippen LogP contribution in [0.2, 0.25) is 0 Å². The number of carbonyl (C=O) groups is 3. The van der Waals surface area contributed by atoms with Crippen molar-refractivity contribution in [3.8, 4) is 0 Å². The highest BCUT2D eigenvalue weighted by Crippen LogP contribution is 2.18. The summed E-state index contributed by atoms with van der Waals surface area (Å²) >= 11 is 0. The SMILES string of the molecule is COC(=O)c1ccc(N(C(=O)Cc2ccccc2C)C(=O)Cc2ccccc2C)nc1. The van der Waals surface area contributed by atoms with Gasteiger partial charge < -0.3 is 4.74 Å². The van der Waals surface area contributed by atoms with Crippen LogP contribution in [0.5, 0.6) is 0 Å². The number of benzene rings is 2. The molecular weight excluding hydrogens is 392 g/mol. The second-order valence-electron chi connectivity index (χ2n) is 7.23. The van der Waals surface area contributed by atoms with E-state index in [9.17, 15) is 14.4 Å². The second-order valence-corrected chi connectivity index (χ2v) is 7.23. The zero-order valence-corrected chi connectivity index (χ0v) is 17.8. The third kappa shape index (κ3) is 5.22. The molecule has 0 fully saturated rings. The van der Waals surface area contributed by atoms with Gasteiger partial charge >= 0.3 is 5.97 Å². The summed E-state index contributed by atoms with van der Waals surface area (Å²) in [4.78, 5) is 43.5. The van der Waals surface area contributed by atoms with Crippen LogP contribution < -0.4 is 4.90 Å². The standard InChI is InChI=1S/C25H24N2O4/c1-17-8-4-6-10-19(17)14-23(28)27(22-13-12-21(16-26-22)25(30)31-3)24(29)15-20-11-7-5-9-18(20)2/h4-13,16H,14-15H2,1-3H3. The highest BCUT2D eigenvalue weighted by molar-refractivity contribution is 6.15. The third-order valence-corrected chi connectivity index (χ3v) is 5.10. The van der Waals surface area contributed by atoms with E-state index in [4.69, 9.17) is 0 Å². The maximum absolute atomic E-state index is 13.2. The number of carbonyl (C=O) groups excluding carboxylic acids is 3. The van der Waals surface area contributed by atoms with E-state index in [1.54, 1.807) is 0 Å². The Morgan fingerprint density at radius 2 is 1.32 bits per heavy atom. The van der Waals surface area contributed by atoms with Crippen molar-refractivity contribution in [2.24, 2.45) is 0 Å². The molecule has 6 nitrogen and oxygen atoms in total. The van der Waals surface area contributed by atoms with E-state index in [1.165, 1.54) is 25.4 Å². The van der Waals surface area contributed by atoms with Gasteiger partial charge in [-0.15, -0.1) is 0 Å². The Hall–Kier alpha value is -3.80. The lowest BCUT2D eigenvalue weighted by molar-refractivity contribution is -0.125. The van der Waals surface area contributed by atoms with Crippen molar-refractivity contribution in [1.29, 1.82) is 0 Å². The van der Waals surface area contributed by atoms with E-state index < -0.39 is 5.97 Å². The number of imide groups is 1. The first-order valence-corrected chi connectivity index (χ1v) is 9.90. The third-order valence-electron chi connectivity index (χ3n) is 5.10. The first-order valence-electron chi connectivity index (χ1n) is 9.90. The number of hydrogen-bond donors (Lipinski definition) is 0. The van der Waals surface area contributed by atoms with Crippen LogP contribution in [-0.4, -0.2) is 29.9 Å². The number of hydrogen-bond acceptors (Lipinski definition) is 5. The largest absolute Gasteiger partial charge is 0.465 e. The highest BCUT2D eigenvalue weighted by Gasteiger charge is 2.26. The van der Waals surface area contributed by atoms with E-state index in [1.807, 2.05) is 62.4 Å². The molecule has 0 aliphatic carbocycles. The molecule has 0 atom stereocenters. The fourth-order valence-corrected chi connectivity index (χ4v) is 3.25. The van der Waals surface area contributed by atoms with Crippen molar-refractivity contribution in [1.82, 2.24) is 4.98 Å². The molecule has 2 amide bonds. The quantitative estimate of drug-likeness (QED) is 0.571. The maximum atomic E-state index is 13.2. The maximum Gasteiger partial charge on any atom is 0.339 e. The molecule has 0 N–H and O–H groups in total. The minimum absolute atomic E-state index is 0.0621. The highest BCUT2D eigenvalue weighted by atomic mass is 16.5. The summed E-state index contributed by atoms with van der Waals surface area (Å²) < 4.78 is 4.69. The number of amides is 2. The summed E-state index contributed by atoms with van der Waals surface area (Å²) in [5.41, 5.74) is 3.86. The molecule has 0 bridgehead atoms. The van der Waals surface area contributed by atoms with Gasteiger partial charge in [0.15, 0.2) is 0 Å². The van der Waals surface area contributed by atoms with Crippen LogP contribution in [0.4, 0.5) is 5.82 Å². The lowest BCUT2D eigenvalue weighted by Gasteiger charge is -2.21. The Morgan fingerprint density at radius 1 is 0.806 bits per heavy atom. The molecular formula is C25H24N2O4. The van der Waals surface area contributed by atoms with Crippen LogP contribution in [0.1, 0.15) is 32.6 Å². The van der Waals surface area contributed by atoms with Crippen LogP contribution in [0.3, 0.4) is 0 Å². The number of nitrogens with zero attached hydrogens (tertiary/aromatic N) is 2. The molecule has 2 aromatic carbocycles. The molecule has 6 heteroatoms. The van der Waals surface area contributed by atoms with E-state index in [2.05, 4.69) is 9.72 Å². The predicted octanol–water partition coefficient (Wildman–Crippen LogP) is 3.83. The average Bonchev–Trinajstić information content (AvgIpc) is 2.77. The molecule has 0 saturated heterocycles. The lowest BCUT2D eigenvalue weighted by atomic mass is 10.0. The Morgan fingerprint density at radius 3 is 1.74 bits per heavy atom. The minimum Gasteiger partial charge on any atom is -0.465 e. The molecule has 1 heterocycles. The molecule has 0 aliphatic rings. The van der Waals surface area contributed by atoms with Gasteiger partial charge in [-0.05, 0) is 48.2 Å². The first-order chi connectivity index (χ1) is 14.9. The van der Waals surface area contributed by atoms with E-state index in [0.29, 0.717) is 0 Å². The van der Waals surface area contributed by atoms with Gasteiger partial charge in [-0.3, -0.25) is 9.59 Å². The number of aromatic nitrogens is 1. The van der Waals surface area contributed by atoms with Crippen molar-refractivity contribution >= 4 is 23.6 Å². The first kappa shape index (κ1) is 21.9. The van der Waals surface area contributed by atoms with Crippen molar-refractivity contribution in [3.63, 3.8) is 0 Å². The molecule has 3 rings (SSSR count). The number of rotatable bonds is 6. The Kier molecular flexibility index (Phi) is 6.92. The van der Waals surface area contributed by atoms with Crippen LogP contribution in [0.25, 0.3) is 0 Å². The Balaban J connectivity index is 1.93. The van der Waals surface area contributed by atoms with Gasteiger partial charge in [-0.25, -0.2) is 14.7 Å². The number of anilines is 1. The van der Waals surface area contributed by atoms with Crippen LogP contribution in [0.15, 0.2) is 66.9 Å². The van der Waals surface area contributed by atoms with Crippen molar-refractivity contribution < 1.29 is 19.1 Å². The smallest absolute Gasteiger partial charge is 0.339 e. The zero-order valence-electron chi connectivity index (χ0n) is 17.8. The summed E-state index contributed by atoms with van der Waals surface area (Å²) in [6.45, 7) is 3.84. The monoisotopic (exact) mass is 416 g/mol. The van der Waals surface area contributed by atoms with E-state index in [0.717, 1.165) is 27.2 Å². The number of pyridine rings is 1. The van der Waals surface area contributed by atoms with Gasteiger partial charge in [0.1, 0.15) is 5.82 Å². The lowest BCUT2D eigenvalue weighted by Crippen LogP contribution is -2.40. The summed E-state index contributed by atoms with van der Waals surface area (Å²) in [6.07, 6.45) is 1.43. The summed E-state index contributed by atoms with van der Waals surface area (Å²) in [7, 11) is 1.28. The topological polar surface area (TPSA) is 76.6 Å². The average molecular weight is 416 g/mol. The minimum atomic E-state index is -0.539. The Labute approximate surface area is 181 Å². The second kappa shape index (κ2) is 9.80. The molecule has 1 aromatic heterocycles. The van der Waals surface area contributed by atoms with Crippen molar-refractivity contribution in [2.75, 3.05) is 12.0 Å². The number of aryl methyl sites for hydroxylation is 2. The molecule has 0 aliphatic heterocycles. The number of ether oxygens (including phenoxy) is 1. The normalized spacial score (nSPS) is 10.4. The predicted molar refractivity (Wildman–Crippen MR) is 118 cm³/mol.